The van der Waals surface area contributed by atoms with Crippen molar-refractivity contribution in [3.8, 4) is 5.75 Å². The largest absolute Gasteiger partial charge is 0.495 e. The molecule has 0 aliphatic carbocycles. The molecule has 14 heteroatoms. The minimum absolute atomic E-state index is 0.126. The van der Waals surface area contributed by atoms with Gasteiger partial charge >= 0.3 is 5.69 Å². The third kappa shape index (κ3) is 4.86. The van der Waals surface area contributed by atoms with Crippen LogP contribution in [0.5, 0.6) is 5.75 Å². The van der Waals surface area contributed by atoms with Gasteiger partial charge in [0.2, 0.25) is 15.9 Å². The van der Waals surface area contributed by atoms with Gasteiger partial charge in [0.25, 0.3) is 5.56 Å². The predicted octanol–water partition coefficient (Wildman–Crippen LogP) is 0.592. The molecule has 1 amide bonds. The van der Waals surface area contributed by atoms with E-state index in [-0.39, 0.29) is 22.6 Å². The summed E-state index contributed by atoms with van der Waals surface area (Å²) in [6, 6.07) is 13.6. The van der Waals surface area contributed by atoms with Gasteiger partial charge in [-0.15, -0.1) is 0 Å². The smallest absolute Gasteiger partial charge is 0.332 e. The van der Waals surface area contributed by atoms with Crippen molar-refractivity contribution in [1.82, 2.24) is 23.0 Å². The minimum Gasteiger partial charge on any atom is -0.495 e. The summed E-state index contributed by atoms with van der Waals surface area (Å²) in [5.41, 5.74) is 0.568. The summed E-state index contributed by atoms with van der Waals surface area (Å²) in [4.78, 5) is 43.8. The second kappa shape index (κ2) is 10.6. The number of piperazine rings is 1. The summed E-state index contributed by atoms with van der Waals surface area (Å²) < 4.78 is 37.0. The topological polar surface area (TPSA) is 141 Å². The molecule has 0 bridgehead atoms. The van der Waals surface area contributed by atoms with Gasteiger partial charge in [0, 0.05) is 46.0 Å². The number of anilines is 2. The fourth-order valence-electron chi connectivity index (χ4n) is 4.79. The van der Waals surface area contributed by atoms with E-state index >= 15 is 0 Å². The second-order valence-electron chi connectivity index (χ2n) is 9.39. The molecule has 1 aliphatic rings. The number of imidazole rings is 1. The van der Waals surface area contributed by atoms with E-state index < -0.39 is 27.2 Å². The number of methoxy groups -OCH3 is 1. The van der Waals surface area contributed by atoms with E-state index in [1.807, 2.05) is 24.3 Å². The molecule has 0 spiro atoms. The van der Waals surface area contributed by atoms with E-state index in [1.54, 1.807) is 7.11 Å². The van der Waals surface area contributed by atoms with Crippen LogP contribution in [-0.4, -0.2) is 70.6 Å². The summed E-state index contributed by atoms with van der Waals surface area (Å²) in [7, 11) is 0.740. The first-order valence-electron chi connectivity index (χ1n) is 12.5. The molecule has 13 nitrogen and oxygen atoms in total. The molecule has 3 heterocycles. The first-order valence-corrected chi connectivity index (χ1v) is 13.9. The number of nitrogens with one attached hydrogen (secondary N) is 1. The summed E-state index contributed by atoms with van der Waals surface area (Å²) in [5.74, 6) is 0.295. The second-order valence-corrected chi connectivity index (χ2v) is 11.3. The summed E-state index contributed by atoms with van der Waals surface area (Å²) in [6.45, 7) is 1.47. The maximum atomic E-state index is 13.3. The lowest BCUT2D eigenvalue weighted by Gasteiger charge is -2.35. The van der Waals surface area contributed by atoms with Gasteiger partial charge < -0.3 is 19.5 Å². The predicted molar refractivity (Wildman–Crippen MR) is 149 cm³/mol. The highest BCUT2D eigenvalue weighted by atomic mass is 32.2. The van der Waals surface area contributed by atoms with Gasteiger partial charge in [0.15, 0.2) is 11.2 Å². The number of carbonyl (C=O) groups is 1. The Bertz CT molecular complexity index is 1800. The summed E-state index contributed by atoms with van der Waals surface area (Å²) in [5, 5.41) is 2.71. The lowest BCUT2D eigenvalue weighted by molar-refractivity contribution is -0.116. The summed E-state index contributed by atoms with van der Waals surface area (Å²) >= 11 is 0. The van der Waals surface area contributed by atoms with Gasteiger partial charge in [-0.2, -0.15) is 4.31 Å². The number of rotatable bonds is 7. The Morgan fingerprint density at radius 2 is 1.65 bits per heavy atom. The number of carbonyl (C=O) groups excluding carboxylic acids is 1. The number of hydrogen-bond donors (Lipinski definition) is 1. The lowest BCUT2D eigenvalue weighted by atomic mass is 10.2. The van der Waals surface area contributed by atoms with Crippen LogP contribution in [0.4, 0.5) is 11.4 Å². The molecule has 4 aromatic rings. The number of aryl methyl sites for hydroxylation is 1. The highest BCUT2D eigenvalue weighted by Gasteiger charge is 2.29. The Kier molecular flexibility index (Phi) is 7.21. The first-order chi connectivity index (χ1) is 19.1. The number of fused-ring (bicyclic) bond motifs is 1. The molecule has 210 valence electrons. The van der Waals surface area contributed by atoms with Crippen molar-refractivity contribution in [2.24, 2.45) is 14.1 Å². The van der Waals surface area contributed by atoms with Gasteiger partial charge in [-0.3, -0.25) is 18.7 Å². The molecule has 0 saturated carbocycles. The molecule has 0 unspecified atom stereocenters. The lowest BCUT2D eigenvalue weighted by Crippen LogP contribution is -2.48. The average Bonchev–Trinajstić information content (AvgIpc) is 3.38. The van der Waals surface area contributed by atoms with Gasteiger partial charge in [-0.05, 0) is 36.4 Å². The molecule has 1 fully saturated rings. The van der Waals surface area contributed by atoms with E-state index in [0.717, 1.165) is 16.0 Å². The normalized spacial score (nSPS) is 14.4. The van der Waals surface area contributed by atoms with Crippen LogP contribution in [0.25, 0.3) is 11.2 Å². The number of nitrogens with zero attached hydrogens (tertiary/aromatic N) is 6. The fraction of sp³-hybridized carbons (Fsp3) is 0.308. The molecular formula is C26H29N7O6S. The van der Waals surface area contributed by atoms with Crippen molar-refractivity contribution in [1.29, 1.82) is 0 Å². The zero-order chi connectivity index (χ0) is 28.6. The number of amides is 1. The molecule has 2 aromatic heterocycles. The minimum atomic E-state index is -3.72. The maximum absolute atomic E-state index is 13.3. The molecule has 1 aliphatic heterocycles. The Morgan fingerprint density at radius 1 is 0.975 bits per heavy atom. The number of sulfonamides is 1. The van der Waals surface area contributed by atoms with Crippen LogP contribution in [-0.2, 0) is 35.5 Å². The third-order valence-corrected chi connectivity index (χ3v) is 8.88. The number of aromatic nitrogens is 4. The van der Waals surface area contributed by atoms with Crippen LogP contribution in [0, 0.1) is 0 Å². The summed E-state index contributed by atoms with van der Waals surface area (Å²) in [6.07, 6.45) is 1.33. The van der Waals surface area contributed by atoms with Gasteiger partial charge in [-0.25, -0.2) is 18.2 Å². The van der Waals surface area contributed by atoms with Crippen molar-refractivity contribution >= 4 is 38.5 Å². The van der Waals surface area contributed by atoms with Crippen LogP contribution in [0.15, 0.2) is 69.3 Å². The molecule has 1 N–H and O–H groups in total. The van der Waals surface area contributed by atoms with Crippen LogP contribution in [0.2, 0.25) is 0 Å². The van der Waals surface area contributed by atoms with Crippen molar-refractivity contribution in [3.05, 3.63) is 75.7 Å². The van der Waals surface area contributed by atoms with E-state index in [1.165, 1.54) is 58.1 Å². The molecule has 5 rings (SSSR count). The van der Waals surface area contributed by atoms with Crippen molar-refractivity contribution < 1.29 is 17.9 Å². The third-order valence-electron chi connectivity index (χ3n) is 6.97. The molecule has 2 aromatic carbocycles. The van der Waals surface area contributed by atoms with E-state index in [9.17, 15) is 22.8 Å². The van der Waals surface area contributed by atoms with Crippen LogP contribution in [0.1, 0.15) is 0 Å². The standard InChI is InChI=1S/C26H29N7O6S/c1-29-24-23(25(35)30(2)26(29)36)32(17-27-24)16-22(34)28-18-8-10-19(11-9-18)40(37,38)33-14-12-31(13-15-33)20-6-4-5-7-21(20)39-3/h4-11,17H,12-16H2,1-3H3,(H,28,34). The zero-order valence-corrected chi connectivity index (χ0v) is 23.1. The fourth-order valence-corrected chi connectivity index (χ4v) is 6.21. The van der Waals surface area contributed by atoms with Gasteiger partial charge in [0.1, 0.15) is 12.3 Å². The Labute approximate surface area is 229 Å². The average molecular weight is 568 g/mol. The molecule has 0 radical (unpaired) electrons. The molecule has 40 heavy (non-hydrogen) atoms. The Hall–Kier alpha value is -4.43. The number of hydrogen-bond acceptors (Lipinski definition) is 8. The number of ether oxygens (including phenoxy) is 1. The number of benzene rings is 2. The quantitative estimate of drug-likeness (QED) is 0.342. The highest BCUT2D eigenvalue weighted by molar-refractivity contribution is 7.89. The van der Waals surface area contributed by atoms with E-state index in [4.69, 9.17) is 4.74 Å². The van der Waals surface area contributed by atoms with Crippen LogP contribution < -0.4 is 26.2 Å². The Morgan fingerprint density at radius 3 is 2.33 bits per heavy atom. The maximum Gasteiger partial charge on any atom is 0.332 e. The Balaban J connectivity index is 1.24. The highest BCUT2D eigenvalue weighted by Crippen LogP contribution is 2.29. The molecule has 0 atom stereocenters. The van der Waals surface area contributed by atoms with Crippen molar-refractivity contribution in [2.45, 2.75) is 11.4 Å². The number of para-hydroxylation sites is 2. The van der Waals surface area contributed by atoms with Gasteiger partial charge in [-0.1, -0.05) is 12.1 Å². The van der Waals surface area contributed by atoms with E-state index in [2.05, 4.69) is 15.2 Å². The SMILES string of the molecule is COc1ccccc1N1CCN(S(=O)(=O)c2ccc(NC(=O)Cn3cnc4c3c(=O)n(C)c(=O)n4C)cc2)CC1. The van der Waals surface area contributed by atoms with E-state index in [0.29, 0.717) is 31.9 Å². The first kappa shape index (κ1) is 27.1. The zero-order valence-electron chi connectivity index (χ0n) is 22.3. The molecule has 1 saturated heterocycles. The van der Waals surface area contributed by atoms with Crippen LogP contribution >= 0.6 is 0 Å². The molecular weight excluding hydrogens is 538 g/mol. The van der Waals surface area contributed by atoms with Gasteiger partial charge in [0.05, 0.1) is 24.0 Å². The van der Waals surface area contributed by atoms with Crippen molar-refractivity contribution in [2.75, 3.05) is 43.5 Å². The monoisotopic (exact) mass is 567 g/mol. The van der Waals surface area contributed by atoms with Crippen molar-refractivity contribution in [3.63, 3.8) is 0 Å². The van der Waals surface area contributed by atoms with Crippen LogP contribution in [0.3, 0.4) is 0 Å².